The van der Waals surface area contributed by atoms with E-state index in [1.165, 1.54) is 51.9 Å². The van der Waals surface area contributed by atoms with Crippen LogP contribution in [0.2, 0.25) is 0 Å². The molecule has 1 unspecified atom stereocenters. The molecule has 6 heteroatoms. The maximum Gasteiger partial charge on any atom is 0.191 e. The van der Waals surface area contributed by atoms with Gasteiger partial charge in [0.2, 0.25) is 0 Å². The monoisotopic (exact) mass is 437 g/mol. The molecule has 23 heavy (non-hydrogen) atoms. The molecule has 0 aliphatic carbocycles. The first kappa shape index (κ1) is 21.0. The number of halogens is 1. The van der Waals surface area contributed by atoms with Gasteiger partial charge in [-0.1, -0.05) is 0 Å². The molecule has 5 nitrogen and oxygen atoms in total. The van der Waals surface area contributed by atoms with Gasteiger partial charge in [-0.2, -0.15) is 0 Å². The molecule has 2 aliphatic heterocycles. The van der Waals surface area contributed by atoms with Crippen LogP contribution in [0.15, 0.2) is 4.99 Å². The third-order valence-corrected chi connectivity index (χ3v) is 5.10. The Balaban J connectivity index is 0.00000264. The summed E-state index contributed by atoms with van der Waals surface area (Å²) in [7, 11) is 4.10. The highest BCUT2D eigenvalue weighted by Gasteiger charge is 2.22. The van der Waals surface area contributed by atoms with Crippen molar-refractivity contribution in [3.63, 3.8) is 0 Å². The molecule has 0 spiro atoms. The summed E-state index contributed by atoms with van der Waals surface area (Å²) in [6.07, 6.45) is 5.08. The second kappa shape index (κ2) is 10.7. The average Bonchev–Trinajstić information content (AvgIpc) is 2.52. The largest absolute Gasteiger partial charge is 0.356 e. The number of aliphatic imine (C=N–C) groups is 1. The summed E-state index contributed by atoms with van der Waals surface area (Å²) in [5.74, 6) is 1.73. The Hall–Kier alpha value is -0.0800. The van der Waals surface area contributed by atoms with E-state index in [9.17, 15) is 0 Å². The van der Waals surface area contributed by atoms with Gasteiger partial charge in [0, 0.05) is 45.3 Å². The summed E-state index contributed by atoms with van der Waals surface area (Å²) >= 11 is 0. The summed E-state index contributed by atoms with van der Waals surface area (Å²) in [5, 5.41) is 7.15. The van der Waals surface area contributed by atoms with E-state index in [0.717, 1.165) is 18.4 Å². The van der Waals surface area contributed by atoms with Gasteiger partial charge in [0.15, 0.2) is 5.96 Å². The van der Waals surface area contributed by atoms with Crippen molar-refractivity contribution < 1.29 is 0 Å². The third-order valence-electron chi connectivity index (χ3n) is 5.10. The highest BCUT2D eigenvalue weighted by atomic mass is 127. The summed E-state index contributed by atoms with van der Waals surface area (Å²) < 4.78 is 0. The van der Waals surface area contributed by atoms with Gasteiger partial charge in [-0.05, 0) is 59.0 Å². The lowest BCUT2D eigenvalue weighted by Gasteiger charge is -2.35. The third kappa shape index (κ3) is 7.13. The van der Waals surface area contributed by atoms with Gasteiger partial charge in [0.05, 0.1) is 0 Å². The Bertz CT molecular complexity index is 353. The van der Waals surface area contributed by atoms with Crippen molar-refractivity contribution >= 4 is 29.9 Å². The minimum absolute atomic E-state index is 0. The van der Waals surface area contributed by atoms with Crippen LogP contribution in [0.1, 0.15) is 39.5 Å². The molecule has 2 aliphatic rings. The molecule has 0 saturated carbocycles. The maximum absolute atomic E-state index is 4.41. The molecule has 1 atom stereocenters. The number of likely N-dealkylation sites (tertiary alicyclic amines) is 2. The molecule has 0 amide bonds. The fraction of sp³-hybridized carbons (Fsp3) is 0.941. The zero-order chi connectivity index (χ0) is 15.9. The predicted octanol–water partition coefficient (Wildman–Crippen LogP) is 1.98. The first-order valence-electron chi connectivity index (χ1n) is 8.98. The molecule has 0 aromatic rings. The van der Waals surface area contributed by atoms with Gasteiger partial charge in [-0.15, -0.1) is 24.0 Å². The van der Waals surface area contributed by atoms with E-state index in [1.807, 2.05) is 7.05 Å². The number of piperidine rings is 2. The zero-order valence-electron chi connectivity index (χ0n) is 15.3. The molecule has 0 aromatic heterocycles. The number of guanidine groups is 1. The lowest BCUT2D eigenvalue weighted by atomic mass is 9.98. The van der Waals surface area contributed by atoms with E-state index >= 15 is 0 Å². The molecule has 0 aromatic carbocycles. The highest BCUT2D eigenvalue weighted by Crippen LogP contribution is 2.14. The minimum atomic E-state index is 0. The van der Waals surface area contributed by atoms with Gasteiger partial charge in [0.1, 0.15) is 0 Å². The Labute approximate surface area is 159 Å². The summed E-state index contributed by atoms with van der Waals surface area (Å²) in [6, 6.07) is 1.23. The van der Waals surface area contributed by atoms with Crippen molar-refractivity contribution in [2.45, 2.75) is 51.6 Å². The van der Waals surface area contributed by atoms with Crippen LogP contribution in [0.4, 0.5) is 0 Å². The molecule has 2 N–H and O–H groups in total. The molecule has 136 valence electrons. The van der Waals surface area contributed by atoms with E-state index in [1.54, 1.807) is 0 Å². The second-order valence-corrected chi connectivity index (χ2v) is 7.27. The zero-order valence-corrected chi connectivity index (χ0v) is 17.7. The van der Waals surface area contributed by atoms with E-state index in [-0.39, 0.29) is 24.0 Å². The smallest absolute Gasteiger partial charge is 0.191 e. The lowest BCUT2D eigenvalue weighted by Crippen LogP contribution is -2.51. The fourth-order valence-electron chi connectivity index (χ4n) is 3.63. The van der Waals surface area contributed by atoms with E-state index in [4.69, 9.17) is 0 Å². The Morgan fingerprint density at radius 2 is 1.87 bits per heavy atom. The topological polar surface area (TPSA) is 42.9 Å². The number of hydrogen-bond acceptors (Lipinski definition) is 3. The van der Waals surface area contributed by atoms with Crippen LogP contribution in [0.25, 0.3) is 0 Å². The summed E-state index contributed by atoms with van der Waals surface area (Å²) in [6.45, 7) is 10.5. The normalized spacial score (nSPS) is 25.3. The van der Waals surface area contributed by atoms with Crippen LogP contribution in [0.5, 0.6) is 0 Å². The molecule has 2 rings (SSSR count). The van der Waals surface area contributed by atoms with Crippen molar-refractivity contribution in [2.75, 3.05) is 46.8 Å². The van der Waals surface area contributed by atoms with Crippen LogP contribution >= 0.6 is 24.0 Å². The van der Waals surface area contributed by atoms with Crippen LogP contribution in [0.3, 0.4) is 0 Å². The van der Waals surface area contributed by atoms with Gasteiger partial charge >= 0.3 is 0 Å². The number of hydrogen-bond donors (Lipinski definition) is 2. The van der Waals surface area contributed by atoms with Crippen LogP contribution in [0, 0.1) is 5.92 Å². The van der Waals surface area contributed by atoms with Crippen molar-refractivity contribution in [3.8, 4) is 0 Å². The van der Waals surface area contributed by atoms with Crippen molar-refractivity contribution in [1.29, 1.82) is 0 Å². The SMILES string of the molecule is CN=C(NCC1CCCN(C)C1)NC1CCN(C(C)C)CC1.I. The molecular formula is C17H36IN5. The minimum Gasteiger partial charge on any atom is -0.356 e. The fourth-order valence-corrected chi connectivity index (χ4v) is 3.63. The van der Waals surface area contributed by atoms with Crippen LogP contribution in [-0.2, 0) is 0 Å². The van der Waals surface area contributed by atoms with Gasteiger partial charge in [0.25, 0.3) is 0 Å². The average molecular weight is 437 g/mol. The summed E-state index contributed by atoms with van der Waals surface area (Å²) in [5.41, 5.74) is 0. The molecule has 2 fully saturated rings. The van der Waals surface area contributed by atoms with E-state index in [0.29, 0.717) is 12.1 Å². The summed E-state index contributed by atoms with van der Waals surface area (Å²) in [4.78, 5) is 9.41. The van der Waals surface area contributed by atoms with Crippen molar-refractivity contribution in [1.82, 2.24) is 20.4 Å². The molecule has 2 saturated heterocycles. The van der Waals surface area contributed by atoms with Crippen LogP contribution in [-0.4, -0.2) is 74.7 Å². The van der Waals surface area contributed by atoms with Gasteiger partial charge in [-0.25, -0.2) is 0 Å². The van der Waals surface area contributed by atoms with Crippen LogP contribution < -0.4 is 10.6 Å². The first-order chi connectivity index (χ1) is 10.6. The Kier molecular flexibility index (Phi) is 9.77. The highest BCUT2D eigenvalue weighted by molar-refractivity contribution is 14.0. The van der Waals surface area contributed by atoms with E-state index in [2.05, 4.69) is 46.3 Å². The van der Waals surface area contributed by atoms with Crippen molar-refractivity contribution in [3.05, 3.63) is 0 Å². The number of nitrogens with one attached hydrogen (secondary N) is 2. The Morgan fingerprint density at radius 3 is 2.43 bits per heavy atom. The quantitative estimate of drug-likeness (QED) is 0.401. The standard InChI is InChI=1S/C17H35N5.HI/c1-14(2)22-10-7-16(8-11-22)20-17(18-3)19-12-15-6-5-9-21(4)13-15;/h14-16H,5-13H2,1-4H3,(H2,18,19,20);1H. The predicted molar refractivity (Wildman–Crippen MR) is 110 cm³/mol. The van der Waals surface area contributed by atoms with E-state index < -0.39 is 0 Å². The first-order valence-corrected chi connectivity index (χ1v) is 8.98. The molecule has 2 heterocycles. The maximum atomic E-state index is 4.41. The van der Waals surface area contributed by atoms with Crippen molar-refractivity contribution in [2.24, 2.45) is 10.9 Å². The lowest BCUT2D eigenvalue weighted by molar-refractivity contribution is 0.167. The number of nitrogens with zero attached hydrogens (tertiary/aromatic N) is 3. The van der Waals surface area contributed by atoms with Gasteiger partial charge in [-0.3, -0.25) is 4.99 Å². The van der Waals surface area contributed by atoms with Gasteiger partial charge < -0.3 is 20.4 Å². The molecule has 0 radical (unpaired) electrons. The molecular weight excluding hydrogens is 401 g/mol. The molecule has 0 bridgehead atoms. The second-order valence-electron chi connectivity index (χ2n) is 7.27. The Morgan fingerprint density at radius 1 is 1.17 bits per heavy atom. The number of rotatable bonds is 4.